The van der Waals surface area contributed by atoms with Crippen molar-refractivity contribution >= 4 is 63.7 Å². The number of nitrogens with zero attached hydrogens (tertiary/aromatic N) is 2. The van der Waals surface area contributed by atoms with Crippen LogP contribution in [0.25, 0.3) is 22.6 Å². The largest absolute Gasteiger partial charge is 0.378 e. The number of carbonyl (C=O) groups excluding carboxylic acids is 1. The highest BCUT2D eigenvalue weighted by atomic mass is 35.5. The van der Waals surface area contributed by atoms with Crippen LogP contribution in [0, 0.1) is 0 Å². The highest BCUT2D eigenvalue weighted by Gasteiger charge is 2.17. The molecule has 3 aromatic rings. The molecule has 2 aromatic carbocycles. The van der Waals surface area contributed by atoms with Crippen molar-refractivity contribution in [1.29, 1.82) is 0 Å². The summed E-state index contributed by atoms with van der Waals surface area (Å²) in [6, 6.07) is 12.3. The number of hydrogen-bond acceptors (Lipinski definition) is 4. The lowest BCUT2D eigenvalue weighted by Crippen LogP contribution is -2.18. The smallest absolute Gasteiger partial charge is 0.257 e. The Bertz CT molecular complexity index is 978. The highest BCUT2D eigenvalue weighted by molar-refractivity contribution is 6.54. The first-order valence-electron chi connectivity index (χ1n) is 8.09. The Morgan fingerprint density at radius 2 is 1.68 bits per heavy atom. The van der Waals surface area contributed by atoms with Crippen molar-refractivity contribution in [2.24, 2.45) is 0 Å². The molecule has 0 aliphatic carbocycles. The molecule has 0 atom stereocenters. The van der Waals surface area contributed by atoms with Gasteiger partial charge in [0.15, 0.2) is 10.6 Å². The molecule has 0 bridgehead atoms. The Labute approximate surface area is 182 Å². The molecule has 0 saturated carbocycles. The van der Waals surface area contributed by atoms with Crippen LogP contribution in [-0.4, -0.2) is 30.0 Å². The molecule has 146 valence electrons. The number of nitrogens with one attached hydrogen (secondary N) is 1. The summed E-state index contributed by atoms with van der Waals surface area (Å²) in [5.74, 6) is 0.0350. The number of anilines is 2. The van der Waals surface area contributed by atoms with Crippen molar-refractivity contribution in [2.45, 2.75) is 4.84 Å². The van der Waals surface area contributed by atoms with Gasteiger partial charge in [-0.25, -0.2) is 0 Å². The van der Waals surface area contributed by atoms with E-state index in [1.165, 1.54) is 0 Å². The van der Waals surface area contributed by atoms with Gasteiger partial charge in [0.1, 0.15) is 5.69 Å². The zero-order valence-electron chi connectivity index (χ0n) is 14.8. The third-order valence-electron chi connectivity index (χ3n) is 3.94. The molecule has 0 unspecified atom stereocenters. The molecule has 1 N–H and O–H groups in total. The van der Waals surface area contributed by atoms with Gasteiger partial charge < -0.3 is 14.7 Å². The van der Waals surface area contributed by atoms with E-state index in [2.05, 4.69) is 10.5 Å². The lowest BCUT2D eigenvalue weighted by molar-refractivity contribution is -0.114. The first kappa shape index (κ1) is 20.8. The van der Waals surface area contributed by atoms with Gasteiger partial charge >= 0.3 is 0 Å². The summed E-state index contributed by atoms with van der Waals surface area (Å²) in [6.07, 6.45) is 0. The van der Waals surface area contributed by atoms with E-state index in [0.29, 0.717) is 32.8 Å². The van der Waals surface area contributed by atoms with Crippen molar-refractivity contribution in [1.82, 2.24) is 5.16 Å². The maximum atomic E-state index is 11.5. The number of carbonyl (C=O) groups is 1. The first-order chi connectivity index (χ1) is 13.3. The fourth-order valence-corrected chi connectivity index (χ4v) is 3.28. The van der Waals surface area contributed by atoms with Gasteiger partial charge in [-0.1, -0.05) is 51.6 Å². The second-order valence-electron chi connectivity index (χ2n) is 6.12. The Morgan fingerprint density at radius 1 is 1.07 bits per heavy atom. The Morgan fingerprint density at radius 3 is 2.21 bits per heavy atom. The molecule has 0 aliphatic heterocycles. The van der Waals surface area contributed by atoms with Crippen LogP contribution in [-0.2, 0) is 4.79 Å². The molecule has 0 saturated heterocycles. The second kappa shape index (κ2) is 8.62. The van der Waals surface area contributed by atoms with E-state index >= 15 is 0 Å². The SMILES string of the molecule is CN(C)c1cc(Cl)c(-c2cc(-c3ccc(NC(=O)C(Cl)Cl)cc3)on2)c(Cl)c1. The molecule has 5 nitrogen and oxygen atoms in total. The maximum Gasteiger partial charge on any atom is 0.257 e. The number of rotatable bonds is 5. The van der Waals surface area contributed by atoms with Crippen LogP contribution < -0.4 is 10.2 Å². The molecule has 0 aliphatic rings. The van der Waals surface area contributed by atoms with E-state index in [0.717, 1.165) is 11.3 Å². The predicted molar refractivity (Wildman–Crippen MR) is 116 cm³/mol. The number of amides is 1. The number of aromatic nitrogens is 1. The first-order valence-corrected chi connectivity index (χ1v) is 9.72. The van der Waals surface area contributed by atoms with Gasteiger partial charge in [-0.3, -0.25) is 4.79 Å². The fourth-order valence-electron chi connectivity index (χ4n) is 2.51. The fraction of sp³-hybridized carbons (Fsp3) is 0.158. The predicted octanol–water partition coefficient (Wildman–Crippen LogP) is 6.12. The van der Waals surface area contributed by atoms with Crippen LogP contribution in [0.4, 0.5) is 11.4 Å². The molecule has 0 fully saturated rings. The van der Waals surface area contributed by atoms with Gasteiger partial charge in [-0.15, -0.1) is 0 Å². The van der Waals surface area contributed by atoms with Crippen LogP contribution in [0.2, 0.25) is 10.0 Å². The number of benzene rings is 2. The van der Waals surface area contributed by atoms with Crippen molar-refractivity contribution < 1.29 is 9.32 Å². The molecule has 9 heteroatoms. The number of alkyl halides is 2. The minimum Gasteiger partial charge on any atom is -0.378 e. The molecule has 3 rings (SSSR count). The third kappa shape index (κ3) is 4.55. The standard InChI is InChI=1S/C19H15Cl4N3O2/c1-26(2)12-7-13(20)17(14(21)8-12)15-9-16(28-25-15)10-3-5-11(6-4-10)24-19(27)18(22)23/h3-9,18H,1-2H3,(H,24,27). The molecular weight excluding hydrogens is 444 g/mol. The van der Waals surface area contributed by atoms with E-state index < -0.39 is 10.7 Å². The molecule has 28 heavy (non-hydrogen) atoms. The summed E-state index contributed by atoms with van der Waals surface area (Å²) in [5.41, 5.74) is 3.34. The minimum atomic E-state index is -1.13. The highest BCUT2D eigenvalue weighted by Crippen LogP contribution is 2.38. The van der Waals surface area contributed by atoms with Gasteiger partial charge in [0.05, 0.1) is 10.0 Å². The average Bonchev–Trinajstić information content (AvgIpc) is 3.11. The zero-order chi connectivity index (χ0) is 20.4. The zero-order valence-corrected chi connectivity index (χ0v) is 17.9. The van der Waals surface area contributed by atoms with Gasteiger partial charge in [0.2, 0.25) is 0 Å². The normalized spacial score (nSPS) is 11.0. The van der Waals surface area contributed by atoms with E-state index in [1.807, 2.05) is 31.1 Å². The average molecular weight is 459 g/mol. The molecule has 0 radical (unpaired) electrons. The van der Waals surface area contributed by atoms with Crippen LogP contribution in [0.1, 0.15) is 0 Å². The number of halogens is 4. The van der Waals surface area contributed by atoms with Crippen LogP contribution in [0.15, 0.2) is 47.0 Å². The summed E-state index contributed by atoms with van der Waals surface area (Å²) in [5, 5.41) is 7.64. The van der Waals surface area contributed by atoms with Crippen LogP contribution in [0.5, 0.6) is 0 Å². The Kier molecular flexibility index (Phi) is 6.40. The second-order valence-corrected chi connectivity index (χ2v) is 8.03. The molecule has 1 heterocycles. The summed E-state index contributed by atoms with van der Waals surface area (Å²) < 4.78 is 5.44. The number of hydrogen-bond donors (Lipinski definition) is 1. The topological polar surface area (TPSA) is 58.4 Å². The third-order valence-corrected chi connectivity index (χ3v) is 4.94. The monoisotopic (exact) mass is 457 g/mol. The molecular formula is C19H15Cl4N3O2. The van der Waals surface area contributed by atoms with E-state index in [9.17, 15) is 4.79 Å². The summed E-state index contributed by atoms with van der Waals surface area (Å²) in [6.45, 7) is 0. The van der Waals surface area contributed by atoms with Gasteiger partial charge in [-0.2, -0.15) is 0 Å². The molecule has 1 amide bonds. The van der Waals surface area contributed by atoms with E-state index in [4.69, 9.17) is 50.9 Å². The van der Waals surface area contributed by atoms with Crippen molar-refractivity contribution in [3.05, 3.63) is 52.5 Å². The van der Waals surface area contributed by atoms with Crippen molar-refractivity contribution in [2.75, 3.05) is 24.3 Å². The van der Waals surface area contributed by atoms with E-state index in [-0.39, 0.29) is 0 Å². The molecule has 0 spiro atoms. The summed E-state index contributed by atoms with van der Waals surface area (Å²) in [7, 11) is 3.81. The Hall–Kier alpha value is -1.92. The van der Waals surface area contributed by atoms with Crippen LogP contribution in [0.3, 0.4) is 0 Å². The lowest BCUT2D eigenvalue weighted by atomic mass is 10.1. The maximum absolute atomic E-state index is 11.5. The summed E-state index contributed by atoms with van der Waals surface area (Å²) >= 11 is 23.9. The van der Waals surface area contributed by atoms with Crippen LogP contribution >= 0.6 is 46.4 Å². The summed E-state index contributed by atoms with van der Waals surface area (Å²) in [4.78, 5) is 12.3. The van der Waals surface area contributed by atoms with Gasteiger partial charge in [-0.05, 0) is 36.4 Å². The minimum absolute atomic E-state index is 0.478. The van der Waals surface area contributed by atoms with Gasteiger partial charge in [0, 0.05) is 42.7 Å². The Balaban J connectivity index is 1.86. The van der Waals surface area contributed by atoms with Crippen molar-refractivity contribution in [3.63, 3.8) is 0 Å². The quantitative estimate of drug-likeness (QED) is 0.467. The lowest BCUT2D eigenvalue weighted by Gasteiger charge is -2.15. The van der Waals surface area contributed by atoms with E-state index in [1.54, 1.807) is 30.3 Å². The molecule has 1 aromatic heterocycles. The van der Waals surface area contributed by atoms with Gasteiger partial charge in [0.25, 0.3) is 5.91 Å². The van der Waals surface area contributed by atoms with Crippen molar-refractivity contribution in [3.8, 4) is 22.6 Å².